The molecule has 3 nitrogen and oxygen atoms in total. The monoisotopic (exact) mass is 277 g/mol. The number of para-hydroxylation sites is 3. The van der Waals surface area contributed by atoms with E-state index in [9.17, 15) is 0 Å². The molecule has 1 N–H and O–H groups in total. The zero-order valence-corrected chi connectivity index (χ0v) is 12.6. The van der Waals surface area contributed by atoms with Crippen LogP contribution < -0.4 is 5.32 Å². The van der Waals surface area contributed by atoms with E-state index in [0.717, 1.165) is 11.3 Å². The van der Waals surface area contributed by atoms with Crippen LogP contribution in [0.5, 0.6) is 0 Å². The van der Waals surface area contributed by atoms with Gasteiger partial charge in [0.15, 0.2) is 0 Å². The Labute approximate surface area is 124 Å². The number of benzene rings is 2. The zero-order valence-electron chi connectivity index (χ0n) is 12.6. The summed E-state index contributed by atoms with van der Waals surface area (Å²) in [5, 5.41) is 3.69. The van der Waals surface area contributed by atoms with Crippen LogP contribution in [0.2, 0.25) is 0 Å². The summed E-state index contributed by atoms with van der Waals surface area (Å²) in [6, 6.07) is 16.8. The van der Waals surface area contributed by atoms with E-state index in [-0.39, 0.29) is 11.6 Å². The van der Waals surface area contributed by atoms with Gasteiger partial charge in [-0.05, 0) is 24.3 Å². The van der Waals surface area contributed by atoms with Gasteiger partial charge in [0.25, 0.3) is 0 Å². The largest absolute Gasteiger partial charge is 0.364 e. The fourth-order valence-electron chi connectivity index (χ4n) is 3.12. The SMILES string of the molecule is CC(C)(C)C1Nc2ccccc2-c2nc3ccccc3n21. The van der Waals surface area contributed by atoms with Crippen LogP contribution in [0.4, 0.5) is 5.69 Å². The molecule has 106 valence electrons. The molecule has 0 saturated carbocycles. The van der Waals surface area contributed by atoms with Gasteiger partial charge in [-0.25, -0.2) is 4.98 Å². The molecule has 3 aromatic rings. The predicted molar refractivity (Wildman–Crippen MR) is 87.3 cm³/mol. The lowest BCUT2D eigenvalue weighted by atomic mass is 9.90. The average molecular weight is 277 g/mol. The summed E-state index contributed by atoms with van der Waals surface area (Å²) in [5.74, 6) is 1.06. The molecule has 0 fully saturated rings. The maximum absolute atomic E-state index is 4.88. The van der Waals surface area contributed by atoms with E-state index in [0.29, 0.717) is 0 Å². The molecule has 0 radical (unpaired) electrons. The molecule has 21 heavy (non-hydrogen) atoms. The smallest absolute Gasteiger partial charge is 0.144 e. The van der Waals surface area contributed by atoms with Crippen LogP contribution in [-0.4, -0.2) is 9.55 Å². The minimum Gasteiger partial charge on any atom is -0.364 e. The second-order valence-electron chi connectivity index (χ2n) is 6.75. The second kappa shape index (κ2) is 4.10. The Morgan fingerprint density at radius 1 is 1.00 bits per heavy atom. The topological polar surface area (TPSA) is 29.9 Å². The third-order valence-corrected chi connectivity index (χ3v) is 4.13. The molecule has 1 atom stereocenters. The quantitative estimate of drug-likeness (QED) is 0.647. The fraction of sp³-hybridized carbons (Fsp3) is 0.278. The number of anilines is 1. The first-order valence-corrected chi connectivity index (χ1v) is 7.38. The first kappa shape index (κ1) is 12.5. The lowest BCUT2D eigenvalue weighted by molar-refractivity contribution is 0.276. The highest BCUT2D eigenvalue weighted by atomic mass is 15.3. The number of nitrogens with one attached hydrogen (secondary N) is 1. The number of rotatable bonds is 0. The highest BCUT2D eigenvalue weighted by Gasteiger charge is 2.34. The summed E-state index contributed by atoms with van der Waals surface area (Å²) in [4.78, 5) is 4.88. The molecule has 2 aromatic carbocycles. The summed E-state index contributed by atoms with van der Waals surface area (Å²) in [6.45, 7) is 6.78. The van der Waals surface area contributed by atoms with E-state index in [4.69, 9.17) is 4.98 Å². The molecule has 0 saturated heterocycles. The minimum absolute atomic E-state index is 0.0890. The molecule has 1 aliphatic rings. The molecular weight excluding hydrogens is 258 g/mol. The second-order valence-corrected chi connectivity index (χ2v) is 6.75. The van der Waals surface area contributed by atoms with Crippen molar-refractivity contribution in [1.82, 2.24) is 9.55 Å². The van der Waals surface area contributed by atoms with Crippen molar-refractivity contribution >= 4 is 16.7 Å². The van der Waals surface area contributed by atoms with Gasteiger partial charge in [-0.15, -0.1) is 0 Å². The van der Waals surface area contributed by atoms with Crippen LogP contribution in [0, 0.1) is 5.41 Å². The lowest BCUT2D eigenvalue weighted by Gasteiger charge is -2.38. The molecule has 4 rings (SSSR count). The van der Waals surface area contributed by atoms with Crippen molar-refractivity contribution in [3.05, 3.63) is 48.5 Å². The summed E-state index contributed by atoms with van der Waals surface area (Å²) < 4.78 is 2.34. The molecular formula is C18H19N3. The summed E-state index contributed by atoms with van der Waals surface area (Å²) in [7, 11) is 0. The Morgan fingerprint density at radius 3 is 2.52 bits per heavy atom. The lowest BCUT2D eigenvalue weighted by Crippen LogP contribution is -2.34. The minimum atomic E-state index is 0.0890. The van der Waals surface area contributed by atoms with Crippen LogP contribution >= 0.6 is 0 Å². The van der Waals surface area contributed by atoms with Gasteiger partial charge in [-0.3, -0.25) is 0 Å². The van der Waals surface area contributed by atoms with Crippen molar-refractivity contribution < 1.29 is 0 Å². The molecule has 0 aliphatic carbocycles. The van der Waals surface area contributed by atoms with Crippen LogP contribution in [0.15, 0.2) is 48.5 Å². The Kier molecular flexibility index (Phi) is 2.43. The molecule has 2 heterocycles. The number of imidazole rings is 1. The van der Waals surface area contributed by atoms with Crippen molar-refractivity contribution in [3.63, 3.8) is 0 Å². The number of fused-ring (bicyclic) bond motifs is 5. The van der Waals surface area contributed by atoms with Crippen molar-refractivity contribution in [2.75, 3.05) is 5.32 Å². The van der Waals surface area contributed by atoms with Gasteiger partial charge in [0.05, 0.1) is 11.0 Å². The van der Waals surface area contributed by atoms with Crippen LogP contribution in [0.1, 0.15) is 26.9 Å². The number of nitrogens with zero attached hydrogens (tertiary/aromatic N) is 2. The Morgan fingerprint density at radius 2 is 1.71 bits per heavy atom. The third-order valence-electron chi connectivity index (χ3n) is 4.13. The normalized spacial score (nSPS) is 17.2. The van der Waals surface area contributed by atoms with Crippen LogP contribution in [0.25, 0.3) is 22.4 Å². The number of hydrogen-bond donors (Lipinski definition) is 1. The molecule has 0 amide bonds. The van der Waals surface area contributed by atoms with Crippen molar-refractivity contribution in [3.8, 4) is 11.4 Å². The van der Waals surface area contributed by atoms with Gasteiger partial charge in [0.1, 0.15) is 12.0 Å². The summed E-state index contributed by atoms with van der Waals surface area (Å²) in [5.41, 5.74) is 4.68. The molecule has 0 bridgehead atoms. The Bertz CT molecular complexity index is 824. The molecule has 1 aromatic heterocycles. The Balaban J connectivity index is 2.09. The van der Waals surface area contributed by atoms with Gasteiger partial charge in [0, 0.05) is 16.7 Å². The maximum Gasteiger partial charge on any atom is 0.144 e. The van der Waals surface area contributed by atoms with Crippen molar-refractivity contribution in [2.45, 2.75) is 26.9 Å². The van der Waals surface area contributed by atoms with Crippen molar-refractivity contribution in [1.29, 1.82) is 0 Å². The highest BCUT2D eigenvalue weighted by molar-refractivity contribution is 5.86. The number of aromatic nitrogens is 2. The van der Waals surface area contributed by atoms with E-state index in [2.05, 4.69) is 73.1 Å². The van der Waals surface area contributed by atoms with Gasteiger partial charge in [0.2, 0.25) is 0 Å². The van der Waals surface area contributed by atoms with E-state index in [1.165, 1.54) is 16.8 Å². The van der Waals surface area contributed by atoms with E-state index in [1.54, 1.807) is 0 Å². The van der Waals surface area contributed by atoms with Crippen LogP contribution in [-0.2, 0) is 0 Å². The molecule has 1 aliphatic heterocycles. The van der Waals surface area contributed by atoms with Gasteiger partial charge >= 0.3 is 0 Å². The molecule has 3 heteroatoms. The van der Waals surface area contributed by atoms with Gasteiger partial charge < -0.3 is 9.88 Å². The van der Waals surface area contributed by atoms with E-state index < -0.39 is 0 Å². The fourth-order valence-corrected chi connectivity index (χ4v) is 3.12. The molecule has 1 unspecified atom stereocenters. The zero-order chi connectivity index (χ0) is 14.6. The van der Waals surface area contributed by atoms with Gasteiger partial charge in [-0.1, -0.05) is 45.0 Å². The maximum atomic E-state index is 4.88. The average Bonchev–Trinajstić information content (AvgIpc) is 2.85. The third kappa shape index (κ3) is 1.77. The number of hydrogen-bond acceptors (Lipinski definition) is 2. The summed E-state index contributed by atoms with van der Waals surface area (Å²) in [6.07, 6.45) is 0.190. The Hall–Kier alpha value is -2.29. The first-order chi connectivity index (χ1) is 10.1. The molecule has 0 spiro atoms. The van der Waals surface area contributed by atoms with Crippen molar-refractivity contribution in [2.24, 2.45) is 5.41 Å². The predicted octanol–water partition coefficient (Wildman–Crippen LogP) is 4.67. The highest BCUT2D eigenvalue weighted by Crippen LogP contribution is 2.44. The standard InChI is InChI=1S/C18H19N3/c1-18(2,3)17-20-13-9-5-4-8-12(13)16-19-14-10-6-7-11-15(14)21(16)17/h4-11,17,20H,1-3H3. The first-order valence-electron chi connectivity index (χ1n) is 7.38. The van der Waals surface area contributed by atoms with E-state index in [1.807, 2.05) is 6.07 Å². The van der Waals surface area contributed by atoms with Gasteiger partial charge in [-0.2, -0.15) is 0 Å². The summed E-state index contributed by atoms with van der Waals surface area (Å²) >= 11 is 0. The van der Waals surface area contributed by atoms with E-state index >= 15 is 0 Å². The van der Waals surface area contributed by atoms with Crippen LogP contribution in [0.3, 0.4) is 0 Å².